The van der Waals surface area contributed by atoms with E-state index < -0.39 is 0 Å². The topological polar surface area (TPSA) is 20.2 Å². The van der Waals surface area contributed by atoms with Crippen LogP contribution < -0.4 is 5.46 Å². The molecule has 0 unspecified atom stereocenters. The first kappa shape index (κ1) is 13.3. The van der Waals surface area contributed by atoms with Crippen molar-refractivity contribution in [2.45, 2.75) is 0 Å². The Kier molecular flexibility index (Phi) is 4.32. The number of benzene rings is 2. The number of hydrogen-bond donors (Lipinski definition) is 1. The molecule has 0 aromatic heterocycles. The van der Waals surface area contributed by atoms with Gasteiger partial charge in [-0.2, -0.15) is 0 Å². The highest BCUT2D eigenvalue weighted by molar-refractivity contribution is 6.46. The minimum atomic E-state index is -0.258. The minimum absolute atomic E-state index is 0.00351. The van der Waals surface area contributed by atoms with E-state index in [1.54, 1.807) is 12.1 Å². The normalized spacial score (nSPS) is 10.6. The third kappa shape index (κ3) is 3.42. The van der Waals surface area contributed by atoms with Crippen LogP contribution in [0.25, 0.3) is 11.6 Å². The lowest BCUT2D eigenvalue weighted by atomic mass is 9.84. The van der Waals surface area contributed by atoms with E-state index in [2.05, 4.69) is 6.58 Å². The fourth-order valence-electron chi connectivity index (χ4n) is 1.79. The van der Waals surface area contributed by atoms with Crippen molar-refractivity contribution in [2.75, 3.05) is 0 Å². The third-order valence-corrected chi connectivity index (χ3v) is 2.90. The molecule has 0 atom stereocenters. The van der Waals surface area contributed by atoms with Crippen LogP contribution in [-0.4, -0.2) is 12.5 Å². The number of allylic oxidation sites excluding steroid dienone is 2. The summed E-state index contributed by atoms with van der Waals surface area (Å²) in [7, 11) is 0.00351. The van der Waals surface area contributed by atoms with Gasteiger partial charge in [0.25, 0.3) is 0 Å². The lowest BCUT2D eigenvalue weighted by Gasteiger charge is -2.03. The largest absolute Gasteiger partial charge is 0.449 e. The molecule has 0 spiro atoms. The van der Waals surface area contributed by atoms with Gasteiger partial charge in [0.2, 0.25) is 0 Å². The lowest BCUT2D eigenvalue weighted by Crippen LogP contribution is -2.16. The summed E-state index contributed by atoms with van der Waals surface area (Å²) < 4.78 is 12.8. The predicted molar refractivity (Wildman–Crippen MR) is 79.9 cm³/mol. The van der Waals surface area contributed by atoms with Crippen molar-refractivity contribution in [1.29, 1.82) is 0 Å². The molecule has 0 radical (unpaired) electrons. The maximum Gasteiger partial charge on any atom is 0.305 e. The van der Waals surface area contributed by atoms with E-state index in [9.17, 15) is 9.41 Å². The quantitative estimate of drug-likeness (QED) is 0.654. The number of halogens is 1. The maximum atomic E-state index is 12.8. The zero-order valence-electron chi connectivity index (χ0n) is 10.5. The molecule has 0 aliphatic carbocycles. The van der Waals surface area contributed by atoms with Crippen molar-refractivity contribution in [3.8, 4) is 0 Å². The fraction of sp³-hybridized carbons (Fsp3) is 0. The molecule has 3 heteroatoms. The van der Waals surface area contributed by atoms with Crippen LogP contribution in [0.4, 0.5) is 4.39 Å². The minimum Gasteiger partial charge on any atom is -0.449 e. The van der Waals surface area contributed by atoms with Gasteiger partial charge in [0, 0.05) is 0 Å². The molecule has 0 bridgehead atoms. The zero-order chi connectivity index (χ0) is 13.7. The van der Waals surface area contributed by atoms with Crippen LogP contribution in [0.15, 0.2) is 61.2 Å². The third-order valence-electron chi connectivity index (χ3n) is 2.90. The van der Waals surface area contributed by atoms with Crippen LogP contribution in [0.5, 0.6) is 0 Å². The Morgan fingerprint density at radius 3 is 2.47 bits per heavy atom. The van der Waals surface area contributed by atoms with Gasteiger partial charge in [0.1, 0.15) is 5.82 Å². The summed E-state index contributed by atoms with van der Waals surface area (Å²) in [5, 5.41) is 9.23. The summed E-state index contributed by atoms with van der Waals surface area (Å²) in [6.07, 6.45) is 3.76. The Hall–Kier alpha value is -2.13. The molecular weight excluding hydrogens is 238 g/mol. The average Bonchev–Trinajstić information content (AvgIpc) is 2.45. The van der Waals surface area contributed by atoms with Gasteiger partial charge in [-0.25, -0.2) is 4.39 Å². The predicted octanol–water partition coefficient (Wildman–Crippen LogP) is 2.52. The van der Waals surface area contributed by atoms with E-state index in [0.717, 1.165) is 22.2 Å². The Morgan fingerprint density at radius 1 is 1.11 bits per heavy atom. The van der Waals surface area contributed by atoms with Crippen molar-refractivity contribution >= 4 is 24.6 Å². The summed E-state index contributed by atoms with van der Waals surface area (Å²) >= 11 is 0. The second kappa shape index (κ2) is 6.16. The van der Waals surface area contributed by atoms with Gasteiger partial charge >= 0.3 is 7.48 Å². The van der Waals surface area contributed by atoms with Crippen molar-refractivity contribution in [1.82, 2.24) is 0 Å². The molecule has 0 fully saturated rings. The van der Waals surface area contributed by atoms with E-state index in [4.69, 9.17) is 0 Å². The number of hydrogen-bond acceptors (Lipinski definition) is 1. The Labute approximate surface area is 113 Å². The first-order chi connectivity index (χ1) is 9.20. The SMILES string of the molecule is C=C(C=Cc1ccccc1BO)c1ccc(F)cc1. The first-order valence-electron chi connectivity index (χ1n) is 6.02. The second-order valence-corrected chi connectivity index (χ2v) is 4.22. The number of rotatable bonds is 4. The van der Waals surface area contributed by atoms with Gasteiger partial charge in [-0.05, 0) is 34.3 Å². The molecule has 0 saturated heterocycles. The molecule has 2 aromatic carbocycles. The summed E-state index contributed by atoms with van der Waals surface area (Å²) in [4.78, 5) is 0. The van der Waals surface area contributed by atoms with Crippen LogP contribution in [0.2, 0.25) is 0 Å². The summed E-state index contributed by atoms with van der Waals surface area (Å²) in [6.45, 7) is 3.95. The highest BCUT2D eigenvalue weighted by Gasteiger charge is 1.99. The molecule has 0 aliphatic rings. The molecule has 19 heavy (non-hydrogen) atoms. The molecule has 0 heterocycles. The Bertz CT molecular complexity index is 602. The van der Waals surface area contributed by atoms with Gasteiger partial charge in [-0.1, -0.05) is 55.1 Å². The lowest BCUT2D eigenvalue weighted by molar-refractivity contribution is 0.615. The van der Waals surface area contributed by atoms with Crippen LogP contribution >= 0.6 is 0 Å². The monoisotopic (exact) mass is 252 g/mol. The molecule has 0 amide bonds. The molecule has 1 N–H and O–H groups in total. The van der Waals surface area contributed by atoms with Gasteiger partial charge in [0.05, 0.1) is 0 Å². The smallest absolute Gasteiger partial charge is 0.305 e. The second-order valence-electron chi connectivity index (χ2n) is 4.22. The fourth-order valence-corrected chi connectivity index (χ4v) is 1.79. The van der Waals surface area contributed by atoms with Gasteiger partial charge in [0.15, 0.2) is 0 Å². The zero-order valence-corrected chi connectivity index (χ0v) is 10.5. The maximum absolute atomic E-state index is 12.8. The van der Waals surface area contributed by atoms with Crippen LogP contribution in [0.1, 0.15) is 11.1 Å². The summed E-state index contributed by atoms with van der Waals surface area (Å²) in [5.41, 5.74) is 3.49. The van der Waals surface area contributed by atoms with Crippen LogP contribution in [-0.2, 0) is 0 Å². The van der Waals surface area contributed by atoms with Crippen molar-refractivity contribution in [3.05, 3.63) is 78.1 Å². The van der Waals surface area contributed by atoms with Crippen molar-refractivity contribution in [2.24, 2.45) is 0 Å². The van der Waals surface area contributed by atoms with Gasteiger partial charge in [-0.15, -0.1) is 0 Å². The summed E-state index contributed by atoms with van der Waals surface area (Å²) in [6, 6.07) is 13.8. The standard InChI is InChI=1S/C16H14BFO/c1-12(13-8-10-15(18)11-9-13)6-7-14-4-2-3-5-16(14)17-19/h2-11,17,19H,1H2. The average molecular weight is 252 g/mol. The van der Waals surface area contributed by atoms with Crippen molar-refractivity contribution < 1.29 is 9.41 Å². The Morgan fingerprint density at radius 2 is 1.79 bits per heavy atom. The van der Waals surface area contributed by atoms with Crippen LogP contribution in [0.3, 0.4) is 0 Å². The first-order valence-corrected chi connectivity index (χ1v) is 6.02. The molecular formula is C16H14BFO. The van der Waals surface area contributed by atoms with E-state index in [-0.39, 0.29) is 13.3 Å². The van der Waals surface area contributed by atoms with Crippen molar-refractivity contribution in [3.63, 3.8) is 0 Å². The van der Waals surface area contributed by atoms with E-state index >= 15 is 0 Å². The molecule has 94 valence electrons. The highest BCUT2D eigenvalue weighted by Crippen LogP contribution is 2.15. The van der Waals surface area contributed by atoms with E-state index in [1.165, 1.54) is 12.1 Å². The van der Waals surface area contributed by atoms with E-state index in [1.807, 2.05) is 36.4 Å². The molecule has 1 nitrogen and oxygen atoms in total. The summed E-state index contributed by atoms with van der Waals surface area (Å²) in [5.74, 6) is -0.258. The Balaban J connectivity index is 2.18. The highest BCUT2D eigenvalue weighted by atomic mass is 19.1. The van der Waals surface area contributed by atoms with Gasteiger partial charge < -0.3 is 5.02 Å². The van der Waals surface area contributed by atoms with Crippen LogP contribution in [0, 0.1) is 5.82 Å². The molecule has 2 rings (SSSR count). The molecule has 0 saturated carbocycles. The van der Waals surface area contributed by atoms with E-state index in [0.29, 0.717) is 0 Å². The van der Waals surface area contributed by atoms with Gasteiger partial charge in [-0.3, -0.25) is 0 Å². The molecule has 2 aromatic rings. The molecule has 0 aliphatic heterocycles.